The van der Waals surface area contributed by atoms with E-state index in [1.807, 2.05) is 0 Å². The number of primary amides is 1. The molecule has 0 heterocycles. The van der Waals surface area contributed by atoms with Crippen LogP contribution in [0.15, 0.2) is 24.3 Å². The van der Waals surface area contributed by atoms with Crippen LogP contribution in [0.5, 0.6) is 5.75 Å². The predicted octanol–water partition coefficient (Wildman–Crippen LogP) is -1.32. The summed E-state index contributed by atoms with van der Waals surface area (Å²) in [5.74, 6) is -5.27. The van der Waals surface area contributed by atoms with Gasteiger partial charge in [-0.05, 0) is 49.0 Å². The van der Waals surface area contributed by atoms with Crippen LogP contribution in [-0.2, 0) is 35.2 Å². The van der Waals surface area contributed by atoms with Crippen LogP contribution in [0.2, 0.25) is 0 Å². The van der Waals surface area contributed by atoms with Crippen LogP contribution in [0.25, 0.3) is 0 Å². The minimum absolute atomic E-state index is 0.0275. The summed E-state index contributed by atoms with van der Waals surface area (Å²) in [5.41, 5.74) is 11.4. The Hall–Kier alpha value is -3.85. The fourth-order valence-electron chi connectivity index (χ4n) is 3.36. The minimum atomic E-state index is -1.36. The number of phenolic OH excluding ortho intramolecular Hbond substituents is 1. The van der Waals surface area contributed by atoms with Gasteiger partial charge in [0.15, 0.2) is 0 Å². The highest BCUT2D eigenvalue weighted by atomic mass is 32.2. The minimum Gasteiger partial charge on any atom is -0.508 e. The van der Waals surface area contributed by atoms with Crippen LogP contribution in [0, 0.1) is 0 Å². The molecule has 10 N–H and O–H groups in total. The second-order valence-electron chi connectivity index (χ2n) is 8.72. The van der Waals surface area contributed by atoms with E-state index in [0.717, 1.165) is 0 Å². The zero-order valence-corrected chi connectivity index (χ0v) is 22.2. The highest BCUT2D eigenvalue weighted by molar-refractivity contribution is 7.98. The first-order valence-electron chi connectivity index (χ1n) is 12.0. The molecular formula is C24H35N5O9S. The normalized spacial score (nSPS) is 13.8. The molecule has 39 heavy (non-hydrogen) atoms. The largest absolute Gasteiger partial charge is 0.508 e. The van der Waals surface area contributed by atoms with Crippen molar-refractivity contribution in [2.75, 3.05) is 12.0 Å². The number of aliphatic carboxylic acids is 2. The summed E-state index contributed by atoms with van der Waals surface area (Å²) in [6.45, 7) is 0. The highest BCUT2D eigenvalue weighted by Gasteiger charge is 2.30. The predicted molar refractivity (Wildman–Crippen MR) is 142 cm³/mol. The first kappa shape index (κ1) is 33.2. The molecule has 0 spiro atoms. The second kappa shape index (κ2) is 16.9. The number of benzene rings is 1. The van der Waals surface area contributed by atoms with Crippen LogP contribution < -0.4 is 27.4 Å². The molecular weight excluding hydrogens is 534 g/mol. The molecule has 0 aromatic heterocycles. The van der Waals surface area contributed by atoms with Gasteiger partial charge in [0.1, 0.15) is 23.9 Å². The average Bonchev–Trinajstić information content (AvgIpc) is 2.87. The number of carboxylic acid groups (broad SMARTS) is 2. The first-order valence-corrected chi connectivity index (χ1v) is 13.4. The summed E-state index contributed by atoms with van der Waals surface area (Å²) in [7, 11) is 0. The topological polar surface area (TPSA) is 251 Å². The van der Waals surface area contributed by atoms with Gasteiger partial charge in [-0.2, -0.15) is 11.8 Å². The van der Waals surface area contributed by atoms with Gasteiger partial charge in [0, 0.05) is 19.3 Å². The molecule has 0 saturated heterocycles. The number of nitrogens with one attached hydrogen (secondary N) is 3. The van der Waals surface area contributed by atoms with Crippen molar-refractivity contribution in [2.24, 2.45) is 11.5 Å². The Balaban J connectivity index is 3.15. The van der Waals surface area contributed by atoms with Crippen LogP contribution in [0.1, 0.15) is 37.7 Å². The third kappa shape index (κ3) is 13.0. The van der Waals surface area contributed by atoms with E-state index in [2.05, 4.69) is 16.0 Å². The van der Waals surface area contributed by atoms with E-state index < -0.39 is 59.7 Å². The zero-order chi connectivity index (χ0) is 29.5. The molecule has 0 fully saturated rings. The number of thioether (sulfide) groups is 1. The number of carbonyl (C=O) groups excluding carboxylic acids is 4. The van der Waals surface area contributed by atoms with Gasteiger partial charge in [0.25, 0.3) is 0 Å². The molecule has 14 nitrogen and oxygen atoms in total. The van der Waals surface area contributed by atoms with E-state index in [-0.39, 0.29) is 44.3 Å². The number of hydrogen-bond donors (Lipinski definition) is 8. The summed E-state index contributed by atoms with van der Waals surface area (Å²) >= 11 is 1.39. The summed E-state index contributed by atoms with van der Waals surface area (Å²) < 4.78 is 0. The summed E-state index contributed by atoms with van der Waals surface area (Å²) in [6.07, 6.45) is 0.690. The van der Waals surface area contributed by atoms with E-state index in [0.29, 0.717) is 11.3 Å². The van der Waals surface area contributed by atoms with Crippen molar-refractivity contribution < 1.29 is 44.1 Å². The van der Waals surface area contributed by atoms with Crippen molar-refractivity contribution in [1.29, 1.82) is 0 Å². The maximum Gasteiger partial charge on any atom is 0.326 e. The molecule has 0 aliphatic rings. The van der Waals surface area contributed by atoms with Gasteiger partial charge >= 0.3 is 11.9 Å². The molecule has 0 radical (unpaired) electrons. The lowest BCUT2D eigenvalue weighted by atomic mass is 10.0. The Kier molecular flexibility index (Phi) is 14.4. The van der Waals surface area contributed by atoms with Gasteiger partial charge in [-0.3, -0.25) is 24.0 Å². The number of carbonyl (C=O) groups is 6. The number of nitrogens with two attached hydrogens (primary N) is 2. The molecule has 15 heteroatoms. The van der Waals surface area contributed by atoms with Gasteiger partial charge in [0.05, 0.1) is 6.04 Å². The number of carboxylic acids is 2. The van der Waals surface area contributed by atoms with Crippen molar-refractivity contribution in [3.8, 4) is 5.75 Å². The summed E-state index contributed by atoms with van der Waals surface area (Å²) in [6, 6.07) is 0.638. The molecule has 4 amide bonds. The Bertz CT molecular complexity index is 1020. The highest BCUT2D eigenvalue weighted by Crippen LogP contribution is 2.12. The molecule has 0 saturated carbocycles. The van der Waals surface area contributed by atoms with Gasteiger partial charge in [-0.15, -0.1) is 0 Å². The SMILES string of the molecule is CSCCC(NC(=O)C(Cc1ccc(O)cc1)NC(=O)C(CCC(N)=O)NC(=O)C(N)CCC(=O)O)C(=O)O. The maximum atomic E-state index is 13.2. The number of rotatable bonds is 18. The summed E-state index contributed by atoms with van der Waals surface area (Å²) in [5, 5.41) is 35.1. The van der Waals surface area contributed by atoms with E-state index >= 15 is 0 Å². The van der Waals surface area contributed by atoms with Gasteiger partial charge in [0.2, 0.25) is 23.6 Å². The smallest absolute Gasteiger partial charge is 0.326 e. The standard InChI is InChI=1S/C24H35N5O9S/c1-39-11-10-17(24(37)38)28-23(36)18(12-13-2-4-14(30)5-3-13)29-22(35)16(7-8-19(26)31)27-21(34)15(25)6-9-20(32)33/h2-5,15-18,30H,6-12,25H2,1H3,(H2,26,31)(H,27,34)(H,28,36)(H,29,35)(H,32,33)(H,37,38). The Morgan fingerprint density at radius 1 is 0.821 bits per heavy atom. The number of aromatic hydroxyl groups is 1. The van der Waals surface area contributed by atoms with Crippen LogP contribution >= 0.6 is 11.8 Å². The lowest BCUT2D eigenvalue weighted by molar-refractivity contribution is -0.142. The lowest BCUT2D eigenvalue weighted by Crippen LogP contribution is -2.57. The quantitative estimate of drug-likeness (QED) is 0.103. The number of hydrogen-bond acceptors (Lipinski definition) is 9. The fourth-order valence-corrected chi connectivity index (χ4v) is 3.83. The molecule has 0 aliphatic carbocycles. The number of phenols is 1. The maximum absolute atomic E-state index is 13.2. The van der Waals surface area contributed by atoms with E-state index in [9.17, 15) is 39.0 Å². The summed E-state index contributed by atoms with van der Waals surface area (Å²) in [4.78, 5) is 72.5. The van der Waals surface area contributed by atoms with E-state index in [4.69, 9.17) is 16.6 Å². The van der Waals surface area contributed by atoms with Crippen molar-refractivity contribution in [3.05, 3.63) is 29.8 Å². The van der Waals surface area contributed by atoms with E-state index in [1.54, 1.807) is 6.26 Å². The molecule has 1 aromatic rings. The molecule has 0 aliphatic heterocycles. The molecule has 1 rings (SSSR count). The molecule has 4 atom stereocenters. The molecule has 1 aromatic carbocycles. The van der Waals surface area contributed by atoms with Crippen molar-refractivity contribution >= 4 is 47.3 Å². The lowest BCUT2D eigenvalue weighted by Gasteiger charge is -2.25. The van der Waals surface area contributed by atoms with Crippen molar-refractivity contribution in [1.82, 2.24) is 16.0 Å². The van der Waals surface area contributed by atoms with E-state index in [1.165, 1.54) is 36.0 Å². The van der Waals surface area contributed by atoms with Crippen molar-refractivity contribution in [2.45, 2.75) is 62.7 Å². The van der Waals surface area contributed by atoms with Crippen LogP contribution in [-0.4, -0.2) is 87.1 Å². The van der Waals surface area contributed by atoms with Crippen LogP contribution in [0.3, 0.4) is 0 Å². The fraction of sp³-hybridized carbons (Fsp3) is 0.500. The Labute approximate surface area is 229 Å². The molecule has 4 unspecified atom stereocenters. The Morgan fingerprint density at radius 3 is 1.92 bits per heavy atom. The Morgan fingerprint density at radius 2 is 1.38 bits per heavy atom. The first-order chi connectivity index (χ1) is 18.3. The van der Waals surface area contributed by atoms with Gasteiger partial charge < -0.3 is 42.7 Å². The van der Waals surface area contributed by atoms with Crippen LogP contribution in [0.4, 0.5) is 0 Å². The average molecular weight is 570 g/mol. The van der Waals surface area contributed by atoms with Crippen molar-refractivity contribution in [3.63, 3.8) is 0 Å². The molecule has 216 valence electrons. The number of amides is 4. The molecule has 0 bridgehead atoms. The third-order valence-corrected chi connectivity index (χ3v) is 6.20. The van der Waals surface area contributed by atoms with Gasteiger partial charge in [-0.25, -0.2) is 4.79 Å². The monoisotopic (exact) mass is 569 g/mol. The second-order valence-corrected chi connectivity index (χ2v) is 9.70. The van der Waals surface area contributed by atoms with Gasteiger partial charge in [-0.1, -0.05) is 12.1 Å². The third-order valence-electron chi connectivity index (χ3n) is 5.55. The zero-order valence-electron chi connectivity index (χ0n) is 21.4.